The molecule has 0 aromatic carbocycles. The van der Waals surface area contributed by atoms with Crippen LogP contribution in [0, 0.1) is 0 Å². The van der Waals surface area contributed by atoms with Gasteiger partial charge in [-0.15, -0.1) is 21.8 Å². The second-order valence-electron chi connectivity index (χ2n) is 1.82. The average molecular weight is 192 g/mol. The number of amides is 1. The van der Waals surface area contributed by atoms with Crippen molar-refractivity contribution in [1.82, 2.24) is 10.2 Å². The summed E-state index contributed by atoms with van der Waals surface area (Å²) in [5.74, 6) is 0.180. The van der Waals surface area contributed by atoms with Crippen molar-refractivity contribution in [2.45, 2.75) is 12.8 Å². The number of carbonyl (C=O) groups excluding carboxylic acids is 1. The molecule has 1 aromatic rings. The SMILES string of the molecule is CC(=O)Nc1nnc(CCl)s1. The van der Waals surface area contributed by atoms with Gasteiger partial charge in [-0.3, -0.25) is 4.79 Å². The van der Waals surface area contributed by atoms with Crippen molar-refractivity contribution in [2.75, 3.05) is 5.32 Å². The summed E-state index contributed by atoms with van der Waals surface area (Å²) in [6.07, 6.45) is 0. The van der Waals surface area contributed by atoms with Gasteiger partial charge < -0.3 is 5.32 Å². The highest BCUT2D eigenvalue weighted by molar-refractivity contribution is 7.15. The van der Waals surface area contributed by atoms with E-state index < -0.39 is 0 Å². The third-order valence-electron chi connectivity index (χ3n) is 0.864. The maximum Gasteiger partial charge on any atom is 0.223 e. The zero-order chi connectivity index (χ0) is 8.27. The Morgan fingerprint density at radius 1 is 1.73 bits per heavy atom. The van der Waals surface area contributed by atoms with Gasteiger partial charge in [-0.05, 0) is 0 Å². The van der Waals surface area contributed by atoms with Crippen LogP contribution >= 0.6 is 22.9 Å². The predicted octanol–water partition coefficient (Wildman–Crippen LogP) is 1.24. The van der Waals surface area contributed by atoms with Gasteiger partial charge in [-0.2, -0.15) is 0 Å². The summed E-state index contributed by atoms with van der Waals surface area (Å²) in [6, 6.07) is 0. The van der Waals surface area contributed by atoms with Crippen LogP contribution in [0.15, 0.2) is 0 Å². The first kappa shape index (κ1) is 8.42. The molecule has 0 saturated heterocycles. The van der Waals surface area contributed by atoms with Gasteiger partial charge in [0.2, 0.25) is 11.0 Å². The summed E-state index contributed by atoms with van der Waals surface area (Å²) in [5, 5.41) is 11.1. The monoisotopic (exact) mass is 191 g/mol. The smallest absolute Gasteiger partial charge is 0.223 e. The van der Waals surface area contributed by atoms with E-state index in [0.717, 1.165) is 0 Å². The van der Waals surface area contributed by atoms with Crippen molar-refractivity contribution in [3.05, 3.63) is 5.01 Å². The molecule has 0 unspecified atom stereocenters. The molecule has 0 aliphatic rings. The Balaban J connectivity index is 2.65. The van der Waals surface area contributed by atoms with Crippen molar-refractivity contribution in [3.63, 3.8) is 0 Å². The van der Waals surface area contributed by atoms with Gasteiger partial charge in [0.25, 0.3) is 0 Å². The maximum atomic E-state index is 10.5. The molecule has 0 fully saturated rings. The minimum absolute atomic E-state index is 0.151. The molecule has 4 nitrogen and oxygen atoms in total. The summed E-state index contributed by atoms with van der Waals surface area (Å²) in [5.41, 5.74) is 0. The highest BCUT2D eigenvalue weighted by Crippen LogP contribution is 2.15. The van der Waals surface area contributed by atoms with E-state index in [0.29, 0.717) is 16.0 Å². The van der Waals surface area contributed by atoms with Gasteiger partial charge in [0.15, 0.2) is 0 Å². The zero-order valence-corrected chi connectivity index (χ0v) is 7.37. The first-order valence-electron chi connectivity index (χ1n) is 2.88. The topological polar surface area (TPSA) is 54.9 Å². The average Bonchev–Trinajstić information content (AvgIpc) is 2.34. The number of hydrogen-bond acceptors (Lipinski definition) is 4. The Hall–Kier alpha value is -0.680. The van der Waals surface area contributed by atoms with Crippen LogP contribution in [-0.2, 0) is 10.7 Å². The van der Waals surface area contributed by atoms with Crippen molar-refractivity contribution in [3.8, 4) is 0 Å². The van der Waals surface area contributed by atoms with Crippen molar-refractivity contribution < 1.29 is 4.79 Å². The van der Waals surface area contributed by atoms with Crippen molar-refractivity contribution in [2.24, 2.45) is 0 Å². The molecule has 1 aromatic heterocycles. The minimum atomic E-state index is -0.151. The van der Waals surface area contributed by atoms with Crippen LogP contribution in [0.3, 0.4) is 0 Å². The number of anilines is 1. The number of hydrogen-bond donors (Lipinski definition) is 1. The van der Waals surface area contributed by atoms with E-state index >= 15 is 0 Å². The van der Waals surface area contributed by atoms with Crippen molar-refractivity contribution >= 4 is 34.0 Å². The summed E-state index contributed by atoms with van der Waals surface area (Å²) in [6.45, 7) is 1.42. The minimum Gasteiger partial charge on any atom is -0.301 e. The van der Waals surface area contributed by atoms with Crippen LogP contribution in [0.25, 0.3) is 0 Å². The van der Waals surface area contributed by atoms with E-state index in [1.165, 1.54) is 18.3 Å². The number of aromatic nitrogens is 2. The Morgan fingerprint density at radius 2 is 2.45 bits per heavy atom. The van der Waals surface area contributed by atoms with Gasteiger partial charge in [0, 0.05) is 6.92 Å². The van der Waals surface area contributed by atoms with Crippen molar-refractivity contribution in [1.29, 1.82) is 0 Å². The Labute approximate surface area is 72.6 Å². The molecule has 11 heavy (non-hydrogen) atoms. The lowest BCUT2D eigenvalue weighted by Crippen LogP contribution is -2.04. The van der Waals surface area contributed by atoms with Gasteiger partial charge in [0.05, 0.1) is 5.88 Å². The lowest BCUT2D eigenvalue weighted by atomic mass is 10.7. The Bertz CT molecular complexity index is 262. The summed E-state index contributed by atoms with van der Waals surface area (Å²) < 4.78 is 0. The first-order valence-corrected chi connectivity index (χ1v) is 4.23. The maximum absolute atomic E-state index is 10.5. The van der Waals surface area contributed by atoms with E-state index in [9.17, 15) is 4.79 Å². The fraction of sp³-hybridized carbons (Fsp3) is 0.400. The number of nitrogens with one attached hydrogen (secondary N) is 1. The van der Waals surface area contributed by atoms with Gasteiger partial charge in [-0.25, -0.2) is 0 Å². The Kier molecular flexibility index (Phi) is 2.78. The molecule has 0 aliphatic carbocycles. The number of carbonyl (C=O) groups is 1. The molecule has 1 rings (SSSR count). The van der Waals surface area contributed by atoms with Crippen LogP contribution in [0.5, 0.6) is 0 Å². The molecule has 1 heterocycles. The molecular formula is C5H6ClN3OS. The molecular weight excluding hydrogens is 186 g/mol. The van der Waals surface area contributed by atoms with Gasteiger partial charge in [-0.1, -0.05) is 11.3 Å². The molecule has 1 amide bonds. The highest BCUT2D eigenvalue weighted by atomic mass is 35.5. The fourth-order valence-corrected chi connectivity index (χ4v) is 1.36. The summed E-state index contributed by atoms with van der Waals surface area (Å²) >= 11 is 6.75. The quantitative estimate of drug-likeness (QED) is 0.716. The first-order chi connectivity index (χ1) is 5.22. The molecule has 0 atom stereocenters. The summed E-state index contributed by atoms with van der Waals surface area (Å²) in [4.78, 5) is 10.5. The number of alkyl halides is 1. The van der Waals surface area contributed by atoms with Crippen LogP contribution in [0.2, 0.25) is 0 Å². The van der Waals surface area contributed by atoms with E-state index in [1.807, 2.05) is 0 Å². The highest BCUT2D eigenvalue weighted by Gasteiger charge is 2.02. The van der Waals surface area contributed by atoms with Crippen LogP contribution in [-0.4, -0.2) is 16.1 Å². The molecule has 0 spiro atoms. The van der Waals surface area contributed by atoms with Crippen LogP contribution in [0.1, 0.15) is 11.9 Å². The van der Waals surface area contributed by atoms with E-state index in [1.54, 1.807) is 0 Å². The second kappa shape index (κ2) is 3.64. The normalized spacial score (nSPS) is 9.64. The van der Waals surface area contributed by atoms with E-state index in [2.05, 4.69) is 15.5 Å². The largest absolute Gasteiger partial charge is 0.301 e. The third-order valence-corrected chi connectivity index (χ3v) is 2.11. The molecule has 0 aliphatic heterocycles. The van der Waals surface area contributed by atoms with E-state index in [-0.39, 0.29) is 5.91 Å². The zero-order valence-electron chi connectivity index (χ0n) is 5.80. The molecule has 6 heteroatoms. The standard InChI is InChI=1S/C5H6ClN3OS/c1-3(10)7-5-9-8-4(2-6)11-5/h2H2,1H3,(H,7,9,10). The second-order valence-corrected chi connectivity index (χ2v) is 3.15. The summed E-state index contributed by atoms with van der Waals surface area (Å²) in [7, 11) is 0. The number of halogens is 1. The molecule has 0 radical (unpaired) electrons. The fourth-order valence-electron chi connectivity index (χ4n) is 0.509. The molecule has 60 valence electrons. The lowest BCUT2D eigenvalue weighted by molar-refractivity contribution is -0.114. The lowest BCUT2D eigenvalue weighted by Gasteiger charge is -1.90. The van der Waals surface area contributed by atoms with Gasteiger partial charge >= 0.3 is 0 Å². The number of nitrogens with zero attached hydrogens (tertiary/aromatic N) is 2. The predicted molar refractivity (Wildman–Crippen MR) is 43.8 cm³/mol. The molecule has 0 bridgehead atoms. The Morgan fingerprint density at radius 3 is 2.91 bits per heavy atom. The van der Waals surface area contributed by atoms with Crippen LogP contribution in [0.4, 0.5) is 5.13 Å². The number of rotatable bonds is 2. The molecule has 1 N–H and O–H groups in total. The van der Waals surface area contributed by atoms with Gasteiger partial charge in [0.1, 0.15) is 5.01 Å². The third kappa shape index (κ3) is 2.44. The molecule has 0 saturated carbocycles. The van der Waals surface area contributed by atoms with Crippen LogP contribution < -0.4 is 5.32 Å². The van der Waals surface area contributed by atoms with E-state index in [4.69, 9.17) is 11.6 Å².